The third kappa shape index (κ3) is 4.87. The second kappa shape index (κ2) is 9.23. The lowest BCUT2D eigenvalue weighted by molar-refractivity contribution is 0.118. The fraction of sp³-hybridized carbons (Fsp3) is 0.933. The smallest absolute Gasteiger partial charge is 0.119 e. The lowest BCUT2D eigenvalue weighted by Crippen LogP contribution is -2.40. The summed E-state index contributed by atoms with van der Waals surface area (Å²) in [7, 11) is 0. The first-order valence-electron chi connectivity index (χ1n) is 7.89. The van der Waals surface area contributed by atoms with Crippen molar-refractivity contribution in [3.8, 4) is 0 Å². The molecule has 0 spiro atoms. The number of hydrazone groups is 1. The monoisotopic (exact) mass is 253 g/mol. The van der Waals surface area contributed by atoms with E-state index in [1.807, 2.05) is 0 Å². The van der Waals surface area contributed by atoms with Crippen molar-refractivity contribution in [1.29, 1.82) is 0 Å². The molecule has 0 aromatic rings. The van der Waals surface area contributed by atoms with Gasteiger partial charge in [-0.05, 0) is 19.3 Å². The Morgan fingerprint density at radius 3 is 2.33 bits per heavy atom. The molecule has 1 heterocycles. The molecule has 0 aliphatic carbocycles. The van der Waals surface area contributed by atoms with Crippen molar-refractivity contribution in [3.63, 3.8) is 0 Å². The number of rotatable bonds is 10. The van der Waals surface area contributed by atoms with E-state index >= 15 is 0 Å². The fourth-order valence-corrected chi connectivity index (χ4v) is 2.49. The standard InChI is InChI=1S/C15H31N3/c1-4-7-9-10-13-18-15(11-6-3)17(14-16-18)12-8-5-2/h14-15H,4-13H2,1-3H3. The molecule has 1 aliphatic rings. The van der Waals surface area contributed by atoms with E-state index in [9.17, 15) is 0 Å². The topological polar surface area (TPSA) is 18.8 Å². The molecule has 0 saturated carbocycles. The highest BCUT2D eigenvalue weighted by Gasteiger charge is 2.25. The molecule has 0 amide bonds. The Hall–Kier alpha value is -0.730. The predicted octanol–water partition coefficient (Wildman–Crippen LogP) is 4.05. The first-order chi connectivity index (χ1) is 8.83. The highest BCUT2D eigenvalue weighted by Crippen LogP contribution is 2.19. The SMILES string of the molecule is CCCCCCN1N=CN(CCCC)C1CCC. The summed E-state index contributed by atoms with van der Waals surface area (Å²) >= 11 is 0. The van der Waals surface area contributed by atoms with Gasteiger partial charge in [-0.2, -0.15) is 5.10 Å². The van der Waals surface area contributed by atoms with Gasteiger partial charge in [0.2, 0.25) is 0 Å². The second-order valence-electron chi connectivity index (χ2n) is 5.32. The van der Waals surface area contributed by atoms with Crippen molar-refractivity contribution >= 4 is 6.34 Å². The zero-order chi connectivity index (χ0) is 13.2. The van der Waals surface area contributed by atoms with Gasteiger partial charge in [-0.1, -0.05) is 52.9 Å². The molecule has 18 heavy (non-hydrogen) atoms. The predicted molar refractivity (Wildman–Crippen MR) is 79.7 cm³/mol. The Balaban J connectivity index is 2.34. The molecule has 0 saturated heterocycles. The summed E-state index contributed by atoms with van der Waals surface area (Å²) in [6.45, 7) is 9.08. The van der Waals surface area contributed by atoms with Crippen molar-refractivity contribution in [3.05, 3.63) is 0 Å². The van der Waals surface area contributed by atoms with Gasteiger partial charge < -0.3 is 4.90 Å². The van der Waals surface area contributed by atoms with E-state index in [2.05, 4.69) is 42.1 Å². The zero-order valence-electron chi connectivity index (χ0n) is 12.6. The van der Waals surface area contributed by atoms with Gasteiger partial charge in [0.05, 0.1) is 0 Å². The molecule has 0 fully saturated rings. The molecule has 0 radical (unpaired) electrons. The van der Waals surface area contributed by atoms with E-state index in [4.69, 9.17) is 0 Å². The molecule has 0 aromatic heterocycles. The van der Waals surface area contributed by atoms with E-state index < -0.39 is 0 Å². The number of unbranched alkanes of at least 4 members (excludes halogenated alkanes) is 4. The Morgan fingerprint density at radius 2 is 1.67 bits per heavy atom. The molecule has 1 aliphatic heterocycles. The van der Waals surface area contributed by atoms with Crippen LogP contribution in [0.2, 0.25) is 0 Å². The first kappa shape index (κ1) is 15.3. The van der Waals surface area contributed by atoms with Crippen LogP contribution in [0.15, 0.2) is 5.10 Å². The molecule has 0 bridgehead atoms. The maximum absolute atomic E-state index is 4.60. The summed E-state index contributed by atoms with van der Waals surface area (Å²) in [5, 5.41) is 6.92. The molecule has 0 aromatic carbocycles. The summed E-state index contributed by atoms with van der Waals surface area (Å²) in [6, 6.07) is 0. The maximum Gasteiger partial charge on any atom is 0.119 e. The summed E-state index contributed by atoms with van der Waals surface area (Å²) in [5.41, 5.74) is 0. The van der Waals surface area contributed by atoms with Crippen molar-refractivity contribution in [2.24, 2.45) is 5.10 Å². The summed E-state index contributed by atoms with van der Waals surface area (Å²) in [4.78, 5) is 2.44. The van der Waals surface area contributed by atoms with Gasteiger partial charge in [-0.3, -0.25) is 5.01 Å². The van der Waals surface area contributed by atoms with Crippen LogP contribution in [0.3, 0.4) is 0 Å². The van der Waals surface area contributed by atoms with Gasteiger partial charge in [0.15, 0.2) is 0 Å². The second-order valence-corrected chi connectivity index (χ2v) is 5.32. The molecular weight excluding hydrogens is 222 g/mol. The van der Waals surface area contributed by atoms with Crippen LogP contribution in [0.1, 0.15) is 72.1 Å². The van der Waals surface area contributed by atoms with Crippen LogP contribution in [-0.2, 0) is 0 Å². The van der Waals surface area contributed by atoms with Gasteiger partial charge in [0, 0.05) is 13.1 Å². The van der Waals surface area contributed by atoms with Gasteiger partial charge >= 0.3 is 0 Å². The largest absolute Gasteiger partial charge is 0.339 e. The van der Waals surface area contributed by atoms with Crippen LogP contribution in [0, 0.1) is 0 Å². The van der Waals surface area contributed by atoms with E-state index in [-0.39, 0.29) is 0 Å². The lowest BCUT2D eigenvalue weighted by atomic mass is 10.2. The van der Waals surface area contributed by atoms with E-state index in [0.29, 0.717) is 6.17 Å². The molecule has 106 valence electrons. The van der Waals surface area contributed by atoms with Gasteiger partial charge in [0.1, 0.15) is 12.5 Å². The molecule has 0 N–H and O–H groups in total. The van der Waals surface area contributed by atoms with Crippen molar-refractivity contribution in [1.82, 2.24) is 9.91 Å². The Bertz CT molecular complexity index is 228. The number of nitrogens with zero attached hydrogens (tertiary/aromatic N) is 3. The molecule has 1 unspecified atom stereocenters. The minimum Gasteiger partial charge on any atom is -0.339 e. The van der Waals surface area contributed by atoms with Crippen LogP contribution in [-0.4, -0.2) is 35.5 Å². The zero-order valence-corrected chi connectivity index (χ0v) is 12.6. The van der Waals surface area contributed by atoms with Crippen LogP contribution in [0.25, 0.3) is 0 Å². The Morgan fingerprint density at radius 1 is 0.889 bits per heavy atom. The molecular formula is C15H31N3. The number of hydrogen-bond donors (Lipinski definition) is 0. The molecule has 3 nitrogen and oxygen atoms in total. The van der Waals surface area contributed by atoms with E-state index in [1.165, 1.54) is 51.4 Å². The van der Waals surface area contributed by atoms with Crippen LogP contribution in [0.4, 0.5) is 0 Å². The average Bonchev–Trinajstić information content (AvgIpc) is 2.75. The van der Waals surface area contributed by atoms with Crippen molar-refractivity contribution in [2.45, 2.75) is 78.3 Å². The first-order valence-corrected chi connectivity index (χ1v) is 7.89. The third-order valence-corrected chi connectivity index (χ3v) is 3.63. The van der Waals surface area contributed by atoms with Gasteiger partial charge in [-0.25, -0.2) is 0 Å². The highest BCUT2D eigenvalue weighted by molar-refractivity contribution is 5.57. The van der Waals surface area contributed by atoms with Crippen LogP contribution in [0.5, 0.6) is 0 Å². The van der Waals surface area contributed by atoms with E-state index in [1.54, 1.807) is 0 Å². The normalized spacial score (nSPS) is 18.9. The highest BCUT2D eigenvalue weighted by atomic mass is 15.6. The van der Waals surface area contributed by atoms with Crippen LogP contribution >= 0.6 is 0 Å². The average molecular weight is 253 g/mol. The minimum atomic E-state index is 0.531. The van der Waals surface area contributed by atoms with E-state index in [0.717, 1.165) is 13.1 Å². The van der Waals surface area contributed by atoms with Gasteiger partial charge in [0.25, 0.3) is 0 Å². The summed E-state index contributed by atoms with van der Waals surface area (Å²) in [6.07, 6.45) is 12.9. The molecule has 1 atom stereocenters. The Kier molecular flexibility index (Phi) is 7.86. The molecule has 1 rings (SSSR count). The quantitative estimate of drug-likeness (QED) is 0.547. The Labute approximate surface area is 113 Å². The van der Waals surface area contributed by atoms with Gasteiger partial charge in [-0.15, -0.1) is 0 Å². The minimum absolute atomic E-state index is 0.531. The lowest BCUT2D eigenvalue weighted by Gasteiger charge is -2.30. The summed E-state index contributed by atoms with van der Waals surface area (Å²) < 4.78 is 0. The van der Waals surface area contributed by atoms with Crippen molar-refractivity contribution < 1.29 is 0 Å². The van der Waals surface area contributed by atoms with Crippen LogP contribution < -0.4 is 0 Å². The third-order valence-electron chi connectivity index (χ3n) is 3.63. The molecule has 3 heteroatoms. The van der Waals surface area contributed by atoms with Crippen molar-refractivity contribution in [2.75, 3.05) is 13.1 Å². The fourth-order valence-electron chi connectivity index (χ4n) is 2.49. The number of hydrogen-bond acceptors (Lipinski definition) is 3. The maximum atomic E-state index is 4.60. The summed E-state index contributed by atoms with van der Waals surface area (Å²) in [5.74, 6) is 0.